The molecule has 4 nitrogen and oxygen atoms in total. The Balaban J connectivity index is 2.02. The van der Waals surface area contributed by atoms with Crippen LogP contribution in [0.25, 0.3) is 0 Å². The van der Waals surface area contributed by atoms with E-state index in [1.807, 2.05) is 0 Å². The largest absolute Gasteiger partial charge is 0.506 e. The Kier molecular flexibility index (Phi) is 7.98. The van der Waals surface area contributed by atoms with Crippen molar-refractivity contribution in [1.82, 2.24) is 4.90 Å². The fourth-order valence-electron chi connectivity index (χ4n) is 3.11. The third kappa shape index (κ3) is 5.96. The summed E-state index contributed by atoms with van der Waals surface area (Å²) in [7, 11) is 0. The minimum atomic E-state index is -0.127. The number of hydrogen-bond donors (Lipinski definition) is 3. The molecule has 0 saturated heterocycles. The number of phenolic OH excluding ortho intramolecular Hbond substituents is 3. The molecule has 0 aliphatic rings. The van der Waals surface area contributed by atoms with E-state index in [9.17, 15) is 15.3 Å². The van der Waals surface area contributed by atoms with E-state index in [0.29, 0.717) is 31.8 Å². The predicted octanol–water partition coefficient (Wildman–Crippen LogP) is 7.93. The van der Waals surface area contributed by atoms with Gasteiger partial charge in [-0.3, -0.25) is 4.90 Å². The van der Waals surface area contributed by atoms with Crippen LogP contribution in [-0.2, 0) is 19.6 Å². The van der Waals surface area contributed by atoms with Gasteiger partial charge >= 0.3 is 0 Å². The molecule has 0 saturated carbocycles. The number of nitrogens with zero attached hydrogens (tertiary/aromatic N) is 1. The molecule has 3 aromatic rings. The third-order valence-electron chi connectivity index (χ3n) is 4.50. The number of rotatable bonds is 6. The van der Waals surface area contributed by atoms with Crippen LogP contribution in [0.2, 0.25) is 30.1 Å². The third-order valence-corrected chi connectivity index (χ3v) is 6.02. The molecule has 0 fully saturated rings. The Morgan fingerprint density at radius 2 is 0.742 bits per heavy atom. The summed E-state index contributed by atoms with van der Waals surface area (Å²) >= 11 is 36.4. The van der Waals surface area contributed by atoms with Crippen LogP contribution in [0.5, 0.6) is 17.2 Å². The van der Waals surface area contributed by atoms with Gasteiger partial charge in [-0.1, -0.05) is 69.6 Å². The molecule has 10 heteroatoms. The van der Waals surface area contributed by atoms with Crippen molar-refractivity contribution >= 4 is 69.6 Å². The first-order valence-electron chi connectivity index (χ1n) is 8.78. The molecule has 31 heavy (non-hydrogen) atoms. The number of halogens is 6. The second-order valence-corrected chi connectivity index (χ2v) is 9.36. The fourth-order valence-corrected chi connectivity index (χ4v) is 4.72. The van der Waals surface area contributed by atoms with Gasteiger partial charge in [0.2, 0.25) is 0 Å². The minimum Gasteiger partial charge on any atom is -0.506 e. The summed E-state index contributed by atoms with van der Waals surface area (Å²) < 4.78 is 0. The molecule has 0 heterocycles. The zero-order chi connectivity index (χ0) is 22.9. The van der Waals surface area contributed by atoms with Gasteiger partial charge in [0.05, 0.1) is 15.1 Å². The minimum absolute atomic E-state index is 0.102. The Morgan fingerprint density at radius 1 is 0.484 bits per heavy atom. The van der Waals surface area contributed by atoms with Crippen LogP contribution in [0.3, 0.4) is 0 Å². The molecule has 3 N–H and O–H groups in total. The molecule has 0 spiro atoms. The SMILES string of the molecule is Oc1c(Cl)cc(Cl)cc1CN(Cc1cc(Cl)cc(Cl)c1O)Cc1cc(Cl)cc(Cl)c1O. The molecule has 164 valence electrons. The summed E-state index contributed by atoms with van der Waals surface area (Å²) in [6.45, 7) is 0.456. The van der Waals surface area contributed by atoms with Crippen molar-refractivity contribution in [3.8, 4) is 17.2 Å². The van der Waals surface area contributed by atoms with Crippen LogP contribution < -0.4 is 0 Å². The highest BCUT2D eigenvalue weighted by molar-refractivity contribution is 6.36. The summed E-state index contributed by atoms with van der Waals surface area (Å²) in [4.78, 5) is 1.80. The highest BCUT2D eigenvalue weighted by atomic mass is 35.5. The van der Waals surface area contributed by atoms with E-state index >= 15 is 0 Å². The molecule has 0 bridgehead atoms. The van der Waals surface area contributed by atoms with E-state index in [4.69, 9.17) is 69.6 Å². The highest BCUT2D eigenvalue weighted by Crippen LogP contribution is 2.37. The number of hydrogen-bond acceptors (Lipinski definition) is 4. The van der Waals surface area contributed by atoms with Gasteiger partial charge in [-0.05, 0) is 36.4 Å². The maximum Gasteiger partial charge on any atom is 0.138 e. The van der Waals surface area contributed by atoms with Crippen LogP contribution in [-0.4, -0.2) is 20.2 Å². The average Bonchev–Trinajstić information content (AvgIpc) is 2.67. The Morgan fingerprint density at radius 3 is 1.00 bits per heavy atom. The van der Waals surface area contributed by atoms with Crippen LogP contribution >= 0.6 is 69.6 Å². The molecule has 3 rings (SSSR count). The smallest absolute Gasteiger partial charge is 0.138 e. The summed E-state index contributed by atoms with van der Waals surface area (Å²) in [5.41, 5.74) is 1.33. The summed E-state index contributed by atoms with van der Waals surface area (Å²) in [5.74, 6) is -0.381. The van der Waals surface area contributed by atoms with Gasteiger partial charge < -0.3 is 15.3 Å². The predicted molar refractivity (Wildman–Crippen MR) is 127 cm³/mol. The summed E-state index contributed by atoms with van der Waals surface area (Å²) in [5, 5.41) is 32.5. The van der Waals surface area contributed by atoms with E-state index in [0.717, 1.165) is 0 Å². The van der Waals surface area contributed by atoms with Crippen molar-refractivity contribution in [1.29, 1.82) is 0 Å². The zero-order valence-electron chi connectivity index (χ0n) is 15.6. The van der Waals surface area contributed by atoms with E-state index in [-0.39, 0.29) is 52.0 Å². The van der Waals surface area contributed by atoms with E-state index < -0.39 is 0 Å². The Labute approximate surface area is 209 Å². The monoisotopic (exact) mass is 539 g/mol. The molecular weight excluding hydrogens is 527 g/mol. The van der Waals surface area contributed by atoms with Gasteiger partial charge in [0.25, 0.3) is 0 Å². The molecule has 0 atom stereocenters. The molecule has 0 aliphatic heterocycles. The zero-order valence-corrected chi connectivity index (χ0v) is 20.2. The van der Waals surface area contributed by atoms with Crippen molar-refractivity contribution in [2.45, 2.75) is 19.6 Å². The quantitative estimate of drug-likeness (QED) is 0.296. The number of aromatic hydroxyl groups is 3. The lowest BCUT2D eigenvalue weighted by molar-refractivity contribution is 0.238. The van der Waals surface area contributed by atoms with Gasteiger partial charge in [-0.2, -0.15) is 0 Å². The second-order valence-electron chi connectivity index (χ2n) is 6.83. The molecule has 0 amide bonds. The average molecular weight is 542 g/mol. The lowest BCUT2D eigenvalue weighted by Gasteiger charge is -2.25. The molecule has 0 unspecified atom stereocenters. The van der Waals surface area contributed by atoms with Gasteiger partial charge in [0, 0.05) is 51.4 Å². The van der Waals surface area contributed by atoms with E-state index in [2.05, 4.69) is 0 Å². The van der Waals surface area contributed by atoms with Gasteiger partial charge in [-0.15, -0.1) is 0 Å². The summed E-state index contributed by atoms with van der Waals surface area (Å²) in [6.07, 6.45) is 0. The van der Waals surface area contributed by atoms with Crippen molar-refractivity contribution < 1.29 is 15.3 Å². The molecule has 3 aromatic carbocycles. The van der Waals surface area contributed by atoms with Crippen LogP contribution in [0.15, 0.2) is 36.4 Å². The van der Waals surface area contributed by atoms with E-state index in [1.165, 1.54) is 18.2 Å². The number of phenols is 3. The highest BCUT2D eigenvalue weighted by Gasteiger charge is 2.19. The maximum absolute atomic E-state index is 10.4. The first-order chi connectivity index (χ1) is 14.5. The number of benzene rings is 3. The second kappa shape index (κ2) is 10.1. The van der Waals surface area contributed by atoms with Crippen LogP contribution in [0.4, 0.5) is 0 Å². The normalized spacial score (nSPS) is 11.3. The van der Waals surface area contributed by atoms with Crippen LogP contribution in [0.1, 0.15) is 16.7 Å². The summed E-state index contributed by atoms with van der Waals surface area (Å²) in [6, 6.07) is 9.01. The van der Waals surface area contributed by atoms with Crippen molar-refractivity contribution in [3.63, 3.8) is 0 Å². The van der Waals surface area contributed by atoms with Crippen molar-refractivity contribution in [2.24, 2.45) is 0 Å². The first-order valence-corrected chi connectivity index (χ1v) is 11.0. The Bertz CT molecular complexity index is 997. The topological polar surface area (TPSA) is 63.9 Å². The van der Waals surface area contributed by atoms with Crippen LogP contribution in [0, 0.1) is 0 Å². The van der Waals surface area contributed by atoms with Gasteiger partial charge in [0.1, 0.15) is 17.2 Å². The Hall–Kier alpha value is -1.24. The van der Waals surface area contributed by atoms with Crippen molar-refractivity contribution in [2.75, 3.05) is 0 Å². The van der Waals surface area contributed by atoms with E-state index in [1.54, 1.807) is 23.1 Å². The maximum atomic E-state index is 10.4. The van der Waals surface area contributed by atoms with Gasteiger partial charge in [-0.25, -0.2) is 0 Å². The molecule has 0 radical (unpaired) electrons. The van der Waals surface area contributed by atoms with Gasteiger partial charge in [0.15, 0.2) is 0 Å². The lowest BCUT2D eigenvalue weighted by atomic mass is 10.1. The van der Waals surface area contributed by atoms with Crippen molar-refractivity contribution in [3.05, 3.63) is 83.2 Å². The standard InChI is InChI=1S/C21H15Cl6NO3/c22-13-1-10(19(29)16(25)4-13)7-28(8-11-2-14(23)5-17(26)20(11)30)9-12-3-15(24)6-18(27)21(12)31/h1-6,29-31H,7-9H2. The molecule has 0 aromatic heterocycles. The lowest BCUT2D eigenvalue weighted by Crippen LogP contribution is -2.23. The first kappa shape index (κ1) is 24.4. The molecule has 0 aliphatic carbocycles. The fraction of sp³-hybridized carbons (Fsp3) is 0.143. The molecular formula is C21H15Cl6NO3.